The molecule has 0 atom stereocenters. The number of rotatable bonds is 2. The van der Waals surface area contributed by atoms with E-state index in [-0.39, 0.29) is 0 Å². The van der Waals surface area contributed by atoms with Gasteiger partial charge in [0.2, 0.25) is 11.6 Å². The Labute approximate surface area is 83.7 Å². The second-order valence-corrected chi connectivity index (χ2v) is 2.79. The number of methoxy groups -OCH3 is 1. The quantitative estimate of drug-likeness (QED) is 0.739. The third kappa shape index (κ3) is 1.58. The van der Waals surface area contributed by atoms with Crippen molar-refractivity contribution in [3.63, 3.8) is 0 Å². The van der Waals surface area contributed by atoms with Crippen molar-refractivity contribution < 1.29 is 28.5 Å². The minimum absolute atomic E-state index is 0.800. The molecule has 1 rings (SSSR count). The zero-order valence-electron chi connectivity index (χ0n) is 7.97. The van der Waals surface area contributed by atoms with Gasteiger partial charge < -0.3 is 14.9 Å². The van der Waals surface area contributed by atoms with Crippen LogP contribution in [0.15, 0.2) is 0 Å². The molecule has 0 aliphatic rings. The predicted molar refractivity (Wildman–Crippen MR) is 46.2 cm³/mol. The zero-order chi connectivity index (χ0) is 11.7. The third-order valence-corrected chi connectivity index (χ3v) is 1.84. The molecule has 0 unspecified atom stereocenters. The number of halogens is 2. The molecule has 6 heteroatoms. The van der Waals surface area contributed by atoms with E-state index in [0.29, 0.717) is 0 Å². The summed E-state index contributed by atoms with van der Waals surface area (Å²) in [6.45, 7) is 0.958. The van der Waals surface area contributed by atoms with Gasteiger partial charge in [0.25, 0.3) is 0 Å². The number of hydrogen-bond acceptors (Lipinski definition) is 4. The topological polar surface area (TPSA) is 66.8 Å². The molecule has 4 nitrogen and oxygen atoms in total. The van der Waals surface area contributed by atoms with E-state index in [2.05, 4.69) is 4.74 Å². The number of aromatic hydroxyl groups is 2. The molecule has 0 spiro atoms. The number of ketones is 1. The summed E-state index contributed by atoms with van der Waals surface area (Å²) in [6, 6.07) is 0. The average molecular weight is 218 g/mol. The maximum absolute atomic E-state index is 13.2. The van der Waals surface area contributed by atoms with Gasteiger partial charge >= 0.3 is 0 Å². The van der Waals surface area contributed by atoms with E-state index in [0.717, 1.165) is 14.0 Å². The second kappa shape index (κ2) is 3.72. The Morgan fingerprint density at radius 3 is 1.87 bits per heavy atom. The Kier molecular flexibility index (Phi) is 2.78. The van der Waals surface area contributed by atoms with Gasteiger partial charge in [0.05, 0.1) is 7.11 Å². The monoisotopic (exact) mass is 218 g/mol. The van der Waals surface area contributed by atoms with Crippen molar-refractivity contribution in [3.8, 4) is 17.2 Å². The van der Waals surface area contributed by atoms with Gasteiger partial charge in [-0.05, 0) is 6.92 Å². The lowest BCUT2D eigenvalue weighted by atomic mass is 10.1. The van der Waals surface area contributed by atoms with Crippen molar-refractivity contribution in [2.75, 3.05) is 7.11 Å². The van der Waals surface area contributed by atoms with Crippen LogP contribution in [0.3, 0.4) is 0 Å². The molecule has 82 valence electrons. The molecule has 15 heavy (non-hydrogen) atoms. The predicted octanol–water partition coefficient (Wildman–Crippen LogP) is 1.59. The van der Waals surface area contributed by atoms with Gasteiger partial charge in [-0.3, -0.25) is 4.79 Å². The first-order valence-corrected chi connectivity index (χ1v) is 3.89. The highest BCUT2D eigenvalue weighted by atomic mass is 19.1. The molecule has 0 amide bonds. The maximum Gasteiger partial charge on any atom is 0.210 e. The summed E-state index contributed by atoms with van der Waals surface area (Å²) in [7, 11) is 0.966. The van der Waals surface area contributed by atoms with Crippen molar-refractivity contribution >= 4 is 5.78 Å². The number of phenols is 2. The van der Waals surface area contributed by atoms with Gasteiger partial charge in [-0.1, -0.05) is 0 Å². The number of hydrogen-bond donors (Lipinski definition) is 2. The van der Waals surface area contributed by atoms with E-state index in [4.69, 9.17) is 0 Å². The summed E-state index contributed by atoms with van der Waals surface area (Å²) in [5.41, 5.74) is -0.800. The minimum atomic E-state index is -1.42. The van der Waals surface area contributed by atoms with Crippen molar-refractivity contribution in [1.29, 1.82) is 0 Å². The number of benzene rings is 1. The molecule has 2 N–H and O–H groups in total. The lowest BCUT2D eigenvalue weighted by molar-refractivity contribution is 0.101. The number of Topliss-reactive ketones (excluding diaryl/α,β-unsaturated/α-hetero) is 1. The average Bonchev–Trinajstić information content (AvgIpc) is 2.16. The summed E-state index contributed by atoms with van der Waals surface area (Å²) < 4.78 is 30.7. The number of phenolic OH excluding ortho intramolecular Hbond substituents is 2. The smallest absolute Gasteiger partial charge is 0.210 e. The minimum Gasteiger partial charge on any atom is -0.504 e. The van der Waals surface area contributed by atoms with Gasteiger partial charge in [0.1, 0.15) is 5.56 Å². The molecule has 0 saturated carbocycles. The molecule has 0 aliphatic carbocycles. The van der Waals surface area contributed by atoms with Gasteiger partial charge in [-0.2, -0.15) is 8.78 Å². The molecule has 0 heterocycles. The normalized spacial score (nSPS) is 10.1. The summed E-state index contributed by atoms with van der Waals surface area (Å²) in [4.78, 5) is 10.9. The van der Waals surface area contributed by atoms with Gasteiger partial charge in [-0.15, -0.1) is 0 Å². The van der Waals surface area contributed by atoms with E-state index < -0.39 is 40.2 Å². The molecule has 0 bridgehead atoms. The zero-order valence-corrected chi connectivity index (χ0v) is 7.97. The highest BCUT2D eigenvalue weighted by Gasteiger charge is 2.27. The SMILES string of the molecule is COc1c(F)c(O)c(C(C)=O)c(O)c1F. The van der Waals surface area contributed by atoms with Crippen molar-refractivity contribution in [3.05, 3.63) is 17.2 Å². The maximum atomic E-state index is 13.2. The fourth-order valence-corrected chi connectivity index (χ4v) is 1.16. The molecule has 0 saturated heterocycles. The fourth-order valence-electron chi connectivity index (χ4n) is 1.16. The van der Waals surface area contributed by atoms with Gasteiger partial charge in [-0.25, -0.2) is 0 Å². The molecular formula is C9H8F2O4. The Balaban J connectivity index is 3.66. The van der Waals surface area contributed by atoms with E-state index in [1.165, 1.54) is 0 Å². The van der Waals surface area contributed by atoms with E-state index in [9.17, 15) is 23.8 Å². The standard InChI is InChI=1S/C9H8F2O4/c1-3(12)4-7(13)5(10)9(15-2)6(11)8(4)14/h13-14H,1-2H3. The first-order chi connectivity index (χ1) is 6.91. The van der Waals surface area contributed by atoms with Crippen LogP contribution in [0.1, 0.15) is 17.3 Å². The van der Waals surface area contributed by atoms with Gasteiger partial charge in [0, 0.05) is 0 Å². The molecule has 0 radical (unpaired) electrons. The molecule has 0 aliphatic heterocycles. The Bertz CT molecular complexity index is 400. The highest BCUT2D eigenvalue weighted by Crippen LogP contribution is 2.39. The first kappa shape index (κ1) is 11.2. The molecule has 1 aromatic rings. The number of carbonyl (C=O) groups is 1. The van der Waals surface area contributed by atoms with Crippen molar-refractivity contribution in [2.24, 2.45) is 0 Å². The summed E-state index contributed by atoms with van der Waals surface area (Å²) >= 11 is 0. The van der Waals surface area contributed by atoms with Crippen LogP contribution in [0, 0.1) is 11.6 Å². The first-order valence-electron chi connectivity index (χ1n) is 3.89. The molecule has 0 aromatic heterocycles. The molecule has 1 aromatic carbocycles. The highest BCUT2D eigenvalue weighted by molar-refractivity contribution is 5.99. The van der Waals surface area contributed by atoms with Crippen LogP contribution in [0.25, 0.3) is 0 Å². The Morgan fingerprint density at radius 1 is 1.20 bits per heavy atom. The Morgan fingerprint density at radius 2 is 1.60 bits per heavy atom. The Hall–Kier alpha value is -1.85. The second-order valence-electron chi connectivity index (χ2n) is 2.79. The van der Waals surface area contributed by atoms with Crippen molar-refractivity contribution in [1.82, 2.24) is 0 Å². The third-order valence-electron chi connectivity index (χ3n) is 1.84. The lowest BCUT2D eigenvalue weighted by Gasteiger charge is -2.10. The van der Waals surface area contributed by atoms with Crippen LogP contribution in [-0.4, -0.2) is 23.1 Å². The van der Waals surface area contributed by atoms with E-state index >= 15 is 0 Å². The summed E-state index contributed by atoms with van der Waals surface area (Å²) in [5, 5.41) is 18.4. The molecular weight excluding hydrogens is 210 g/mol. The summed E-state index contributed by atoms with van der Waals surface area (Å²) in [6.07, 6.45) is 0. The number of carbonyl (C=O) groups excluding carboxylic acids is 1. The van der Waals surface area contributed by atoms with E-state index in [1.807, 2.05) is 0 Å². The van der Waals surface area contributed by atoms with Crippen LogP contribution >= 0.6 is 0 Å². The van der Waals surface area contributed by atoms with Crippen molar-refractivity contribution in [2.45, 2.75) is 6.92 Å². The summed E-state index contributed by atoms with van der Waals surface area (Å²) in [5.74, 6) is -6.88. The van der Waals surface area contributed by atoms with Crippen LogP contribution in [0.2, 0.25) is 0 Å². The number of ether oxygens (including phenoxy) is 1. The van der Waals surface area contributed by atoms with Gasteiger partial charge in [0.15, 0.2) is 23.0 Å². The fraction of sp³-hybridized carbons (Fsp3) is 0.222. The molecule has 0 fully saturated rings. The largest absolute Gasteiger partial charge is 0.504 e. The van der Waals surface area contributed by atoms with Crippen LogP contribution in [0.5, 0.6) is 17.2 Å². The van der Waals surface area contributed by atoms with Crippen LogP contribution in [0.4, 0.5) is 8.78 Å². The lowest BCUT2D eigenvalue weighted by Crippen LogP contribution is -2.01. The van der Waals surface area contributed by atoms with Crippen LogP contribution in [-0.2, 0) is 0 Å². The van der Waals surface area contributed by atoms with Crippen LogP contribution < -0.4 is 4.74 Å². The van der Waals surface area contributed by atoms with E-state index in [1.54, 1.807) is 0 Å².